The zero-order valence-electron chi connectivity index (χ0n) is 13.9. The van der Waals surface area contributed by atoms with Gasteiger partial charge < -0.3 is 9.64 Å². The molecule has 0 aromatic heterocycles. The first kappa shape index (κ1) is 15.4. The van der Waals surface area contributed by atoms with Gasteiger partial charge >= 0.3 is 0 Å². The molecule has 3 aromatic rings. The largest absolute Gasteiger partial charge is 0.491 e. The summed E-state index contributed by atoms with van der Waals surface area (Å²) in [5, 5.41) is 2.14. The average Bonchev–Trinajstić information content (AvgIpc) is 2.88. The Labute approximate surface area is 145 Å². The minimum Gasteiger partial charge on any atom is -0.491 e. The van der Waals surface area contributed by atoms with Crippen molar-refractivity contribution in [3.05, 3.63) is 71.8 Å². The highest BCUT2D eigenvalue weighted by atomic mass is 16.5. The Hall–Kier alpha value is -3.14. The molecule has 3 aromatic carbocycles. The molecule has 25 heavy (non-hydrogen) atoms. The fourth-order valence-electron chi connectivity index (χ4n) is 3.32. The minimum absolute atomic E-state index is 0.320. The van der Waals surface area contributed by atoms with Crippen LogP contribution in [0.15, 0.2) is 60.7 Å². The summed E-state index contributed by atoms with van der Waals surface area (Å²) in [5.41, 5.74) is 2.11. The van der Waals surface area contributed by atoms with Crippen LogP contribution in [0.25, 0.3) is 10.8 Å². The number of carbonyl (C=O) groups excluding carboxylic acids is 2. The number of Topliss-reactive ketones (excluding diaryl/α,β-unsaturated/α-hetero) is 1. The van der Waals surface area contributed by atoms with Crippen LogP contribution in [0.3, 0.4) is 0 Å². The van der Waals surface area contributed by atoms with Crippen molar-refractivity contribution in [1.29, 1.82) is 0 Å². The first-order valence-electron chi connectivity index (χ1n) is 8.23. The third-order valence-electron chi connectivity index (χ3n) is 4.51. The van der Waals surface area contributed by atoms with Crippen LogP contribution in [0.5, 0.6) is 5.75 Å². The third-order valence-corrected chi connectivity index (χ3v) is 4.51. The molecule has 0 radical (unpaired) electrons. The molecule has 0 unspecified atom stereocenters. The summed E-state index contributed by atoms with van der Waals surface area (Å²) < 4.78 is 5.91. The van der Waals surface area contributed by atoms with Gasteiger partial charge in [0.2, 0.25) is 0 Å². The summed E-state index contributed by atoms with van der Waals surface area (Å²) in [4.78, 5) is 26.0. The molecule has 0 saturated carbocycles. The van der Waals surface area contributed by atoms with Crippen LogP contribution >= 0.6 is 0 Å². The highest BCUT2D eigenvalue weighted by Crippen LogP contribution is 2.32. The summed E-state index contributed by atoms with van der Waals surface area (Å²) >= 11 is 0. The van der Waals surface area contributed by atoms with E-state index in [1.54, 1.807) is 12.1 Å². The summed E-state index contributed by atoms with van der Waals surface area (Å²) in [5.74, 6) is -0.143. The molecule has 0 bridgehead atoms. The Kier molecular flexibility index (Phi) is 3.73. The lowest BCUT2D eigenvalue weighted by Crippen LogP contribution is -2.33. The van der Waals surface area contributed by atoms with Gasteiger partial charge in [0.15, 0.2) is 0 Å². The normalized spacial score (nSPS) is 13.4. The van der Waals surface area contributed by atoms with Crippen molar-refractivity contribution >= 4 is 28.2 Å². The average molecular weight is 331 g/mol. The standard InChI is InChI=1S/C21H17NO3/c1-14-6-4-10-17-19(14)22(21(24)20(17)23)12-13-25-18-11-5-8-15-7-2-3-9-16(15)18/h2-11H,12-13H2,1H3. The van der Waals surface area contributed by atoms with Crippen LogP contribution in [-0.2, 0) is 4.79 Å². The highest BCUT2D eigenvalue weighted by Gasteiger charge is 2.36. The van der Waals surface area contributed by atoms with E-state index in [0.717, 1.165) is 22.1 Å². The van der Waals surface area contributed by atoms with Gasteiger partial charge in [-0.3, -0.25) is 9.59 Å². The number of aryl methyl sites for hydroxylation is 1. The van der Waals surface area contributed by atoms with E-state index in [1.165, 1.54) is 4.90 Å². The molecule has 0 aliphatic carbocycles. The van der Waals surface area contributed by atoms with E-state index in [1.807, 2.05) is 55.5 Å². The van der Waals surface area contributed by atoms with E-state index in [4.69, 9.17) is 4.74 Å². The smallest absolute Gasteiger partial charge is 0.299 e. The van der Waals surface area contributed by atoms with Crippen molar-refractivity contribution in [2.45, 2.75) is 6.92 Å². The predicted molar refractivity (Wildman–Crippen MR) is 97.3 cm³/mol. The van der Waals surface area contributed by atoms with Gasteiger partial charge in [-0.2, -0.15) is 0 Å². The molecule has 0 spiro atoms. The van der Waals surface area contributed by atoms with Gasteiger partial charge in [0.25, 0.3) is 11.7 Å². The number of hydrogen-bond donors (Lipinski definition) is 0. The van der Waals surface area contributed by atoms with Crippen LogP contribution in [0, 0.1) is 6.92 Å². The van der Waals surface area contributed by atoms with Gasteiger partial charge in [0.05, 0.1) is 17.8 Å². The summed E-state index contributed by atoms with van der Waals surface area (Å²) in [6.45, 7) is 2.57. The Bertz CT molecular complexity index is 988. The summed E-state index contributed by atoms with van der Waals surface area (Å²) in [6, 6.07) is 19.3. The fourth-order valence-corrected chi connectivity index (χ4v) is 3.32. The minimum atomic E-state index is -0.481. The molecule has 4 heteroatoms. The molecule has 0 atom stereocenters. The lowest BCUT2D eigenvalue weighted by atomic mass is 10.1. The van der Waals surface area contributed by atoms with Crippen LogP contribution in [0.2, 0.25) is 0 Å². The first-order chi connectivity index (χ1) is 12.2. The molecule has 1 aliphatic rings. The Morgan fingerprint density at radius 1 is 0.920 bits per heavy atom. The number of hydrogen-bond acceptors (Lipinski definition) is 3. The zero-order chi connectivity index (χ0) is 17.4. The number of para-hydroxylation sites is 1. The van der Waals surface area contributed by atoms with Gasteiger partial charge in [-0.1, -0.05) is 48.5 Å². The maximum Gasteiger partial charge on any atom is 0.299 e. The molecule has 1 heterocycles. The molecular formula is C21H17NO3. The second-order valence-corrected chi connectivity index (χ2v) is 6.08. The maximum atomic E-state index is 12.3. The van der Waals surface area contributed by atoms with Gasteiger partial charge in [-0.25, -0.2) is 0 Å². The predicted octanol–water partition coefficient (Wildman–Crippen LogP) is 3.76. The van der Waals surface area contributed by atoms with Crippen LogP contribution in [0.4, 0.5) is 5.69 Å². The third kappa shape index (κ3) is 2.56. The first-order valence-corrected chi connectivity index (χ1v) is 8.23. The summed E-state index contributed by atoms with van der Waals surface area (Å²) in [6.07, 6.45) is 0. The molecule has 0 fully saturated rings. The van der Waals surface area contributed by atoms with Crippen molar-refractivity contribution in [3.63, 3.8) is 0 Å². The molecule has 1 aliphatic heterocycles. The van der Waals surface area contributed by atoms with Crippen molar-refractivity contribution in [2.75, 3.05) is 18.1 Å². The maximum absolute atomic E-state index is 12.3. The van der Waals surface area contributed by atoms with Crippen molar-refractivity contribution in [1.82, 2.24) is 0 Å². The van der Waals surface area contributed by atoms with E-state index in [9.17, 15) is 9.59 Å². The van der Waals surface area contributed by atoms with Gasteiger partial charge in [0, 0.05) is 5.39 Å². The number of amides is 1. The SMILES string of the molecule is Cc1cccc2c1N(CCOc1cccc3ccccc13)C(=O)C2=O. The van der Waals surface area contributed by atoms with Gasteiger partial charge in [-0.15, -0.1) is 0 Å². The molecule has 4 nitrogen and oxygen atoms in total. The van der Waals surface area contributed by atoms with Crippen LogP contribution in [0.1, 0.15) is 15.9 Å². The number of ketones is 1. The lowest BCUT2D eigenvalue weighted by molar-refractivity contribution is -0.114. The monoisotopic (exact) mass is 331 g/mol. The molecule has 124 valence electrons. The van der Waals surface area contributed by atoms with Gasteiger partial charge in [0.1, 0.15) is 12.4 Å². The highest BCUT2D eigenvalue weighted by molar-refractivity contribution is 6.52. The lowest BCUT2D eigenvalue weighted by Gasteiger charge is -2.19. The second kappa shape index (κ2) is 6.06. The second-order valence-electron chi connectivity index (χ2n) is 6.08. The molecule has 0 N–H and O–H groups in total. The molecule has 1 amide bonds. The fraction of sp³-hybridized carbons (Fsp3) is 0.143. The van der Waals surface area contributed by atoms with Gasteiger partial charge in [-0.05, 0) is 30.0 Å². The van der Waals surface area contributed by atoms with E-state index >= 15 is 0 Å². The Balaban J connectivity index is 1.55. The van der Waals surface area contributed by atoms with Crippen LogP contribution in [-0.4, -0.2) is 24.8 Å². The summed E-state index contributed by atoms with van der Waals surface area (Å²) in [7, 11) is 0. The molecule has 0 saturated heterocycles. The molecular weight excluding hydrogens is 314 g/mol. The van der Waals surface area contributed by atoms with E-state index < -0.39 is 11.7 Å². The number of ether oxygens (including phenoxy) is 1. The van der Waals surface area contributed by atoms with Crippen LogP contribution < -0.4 is 9.64 Å². The van der Waals surface area contributed by atoms with Crippen molar-refractivity contribution in [2.24, 2.45) is 0 Å². The number of rotatable bonds is 4. The number of anilines is 1. The molecule has 4 rings (SSSR count). The topological polar surface area (TPSA) is 46.6 Å². The van der Waals surface area contributed by atoms with E-state index in [-0.39, 0.29) is 0 Å². The number of nitrogens with zero attached hydrogens (tertiary/aromatic N) is 1. The quantitative estimate of drug-likeness (QED) is 0.684. The van der Waals surface area contributed by atoms with Crippen molar-refractivity contribution in [3.8, 4) is 5.75 Å². The number of benzene rings is 3. The number of carbonyl (C=O) groups is 2. The number of fused-ring (bicyclic) bond motifs is 2. The Morgan fingerprint density at radius 2 is 1.68 bits per heavy atom. The van der Waals surface area contributed by atoms with E-state index in [2.05, 4.69) is 0 Å². The van der Waals surface area contributed by atoms with E-state index in [0.29, 0.717) is 24.4 Å². The Morgan fingerprint density at radius 3 is 2.56 bits per heavy atom. The van der Waals surface area contributed by atoms with Crippen molar-refractivity contribution < 1.29 is 14.3 Å². The zero-order valence-corrected chi connectivity index (χ0v) is 13.9.